The second-order valence-corrected chi connectivity index (χ2v) is 3.16. The lowest BCUT2D eigenvalue weighted by Crippen LogP contribution is -1.88. The van der Waals surface area contributed by atoms with Gasteiger partial charge in [-0.05, 0) is 34.0 Å². The lowest BCUT2D eigenvalue weighted by molar-refractivity contribution is 1.63. The van der Waals surface area contributed by atoms with Crippen LogP contribution < -0.4 is 0 Å². The van der Waals surface area contributed by atoms with Gasteiger partial charge < -0.3 is 0 Å². The van der Waals surface area contributed by atoms with Gasteiger partial charge >= 0.3 is 0 Å². The lowest BCUT2D eigenvalue weighted by Gasteiger charge is -2.11. The minimum absolute atomic E-state index is 1.33. The van der Waals surface area contributed by atoms with Crippen LogP contribution in [0.3, 0.4) is 0 Å². The van der Waals surface area contributed by atoms with Gasteiger partial charge in [0.2, 0.25) is 0 Å². The summed E-state index contributed by atoms with van der Waals surface area (Å²) < 4.78 is 0. The quantitative estimate of drug-likeness (QED) is 0.463. The molecule has 0 heterocycles. The van der Waals surface area contributed by atoms with E-state index in [0.29, 0.717) is 0 Å². The molecule has 0 amide bonds. The highest BCUT2D eigenvalue weighted by molar-refractivity contribution is 5.95. The van der Waals surface area contributed by atoms with Gasteiger partial charge in [0.25, 0.3) is 0 Å². The first kappa shape index (κ1) is 6.01. The smallest absolute Gasteiger partial charge is 0.0177 e. The van der Waals surface area contributed by atoms with Crippen molar-refractivity contribution in [2.24, 2.45) is 0 Å². The third-order valence-corrected chi connectivity index (χ3v) is 2.39. The molecule has 0 unspecified atom stereocenters. The molecule has 0 saturated carbocycles. The van der Waals surface area contributed by atoms with Gasteiger partial charge in [0.15, 0.2) is 0 Å². The fourth-order valence-electron chi connectivity index (χ4n) is 1.65. The van der Waals surface area contributed by atoms with Crippen LogP contribution in [0.4, 0.5) is 0 Å². The Morgan fingerprint density at radius 3 is 1.58 bits per heavy atom. The highest BCUT2D eigenvalue weighted by atomic mass is 14.1. The Bertz CT molecular complexity index is 434. The van der Waals surface area contributed by atoms with Gasteiger partial charge in [-0.1, -0.05) is 36.4 Å². The zero-order chi connectivity index (χ0) is 7.97. The van der Waals surface area contributed by atoms with Crippen molar-refractivity contribution in [1.82, 2.24) is 0 Å². The largest absolute Gasteiger partial charge is 0.0616 e. The maximum Gasteiger partial charge on any atom is -0.0177 e. The summed E-state index contributed by atoms with van der Waals surface area (Å²) in [5, 5.41) is 2.67. The van der Waals surface area contributed by atoms with Crippen molar-refractivity contribution >= 4 is 22.9 Å². The molecule has 0 N–H and O–H groups in total. The normalized spacial score (nSPS) is 12.7. The average Bonchev–Trinajstić information content (AvgIpc) is 2.09. The number of hydrogen-bond acceptors (Lipinski definition) is 0. The van der Waals surface area contributed by atoms with Gasteiger partial charge in [0, 0.05) is 0 Å². The van der Waals surface area contributed by atoms with Crippen molar-refractivity contribution in [3.63, 3.8) is 0 Å². The molecule has 0 spiro atoms. The molecule has 56 valence electrons. The zero-order valence-corrected chi connectivity index (χ0v) is 6.62. The van der Waals surface area contributed by atoms with E-state index in [2.05, 4.69) is 48.6 Å². The van der Waals surface area contributed by atoms with Gasteiger partial charge in [0.05, 0.1) is 0 Å². The maximum absolute atomic E-state index is 2.24. The van der Waals surface area contributed by atoms with E-state index in [9.17, 15) is 0 Å². The summed E-state index contributed by atoms with van der Waals surface area (Å²) in [7, 11) is 0. The Morgan fingerprint density at radius 2 is 1.17 bits per heavy atom. The van der Waals surface area contributed by atoms with Crippen LogP contribution in [0.1, 0.15) is 11.1 Å². The first-order valence-corrected chi connectivity index (χ1v) is 4.14. The van der Waals surface area contributed by atoms with Crippen LogP contribution >= 0.6 is 0 Å². The van der Waals surface area contributed by atoms with Crippen molar-refractivity contribution in [3.05, 3.63) is 47.5 Å². The SMILES string of the molecule is C1=Cc2cc3ccccc3cc21. The molecule has 0 heteroatoms. The van der Waals surface area contributed by atoms with E-state index in [1.807, 2.05) is 0 Å². The predicted molar refractivity (Wildman–Crippen MR) is 52.9 cm³/mol. The summed E-state index contributed by atoms with van der Waals surface area (Å²) in [6, 6.07) is 13.0. The van der Waals surface area contributed by atoms with Crippen LogP contribution in [0.5, 0.6) is 0 Å². The molecular formula is C12H8. The molecule has 0 aliphatic heterocycles. The first-order chi connectivity index (χ1) is 5.93. The number of hydrogen-bond donors (Lipinski definition) is 0. The van der Waals surface area contributed by atoms with E-state index in [0.717, 1.165) is 0 Å². The summed E-state index contributed by atoms with van der Waals surface area (Å²) in [4.78, 5) is 0. The summed E-state index contributed by atoms with van der Waals surface area (Å²) in [5.41, 5.74) is 2.74. The van der Waals surface area contributed by atoms with E-state index < -0.39 is 0 Å². The molecule has 1 aliphatic carbocycles. The van der Waals surface area contributed by atoms with E-state index in [-0.39, 0.29) is 0 Å². The molecule has 3 rings (SSSR count). The van der Waals surface area contributed by atoms with E-state index in [4.69, 9.17) is 0 Å². The minimum Gasteiger partial charge on any atom is -0.0616 e. The highest BCUT2D eigenvalue weighted by Gasteiger charge is 2.05. The van der Waals surface area contributed by atoms with Crippen LogP contribution in [-0.2, 0) is 0 Å². The third-order valence-electron chi connectivity index (χ3n) is 2.39. The van der Waals surface area contributed by atoms with Crippen molar-refractivity contribution in [1.29, 1.82) is 0 Å². The fraction of sp³-hybridized carbons (Fsp3) is 0. The molecule has 0 bridgehead atoms. The Morgan fingerprint density at radius 1 is 0.667 bits per heavy atom. The molecule has 0 aromatic heterocycles. The Balaban J connectivity index is 2.46. The monoisotopic (exact) mass is 152 g/mol. The Labute approximate surface area is 71.1 Å². The predicted octanol–water partition coefficient (Wildman–Crippen LogP) is 3.32. The van der Waals surface area contributed by atoms with Crippen LogP contribution in [0.25, 0.3) is 22.9 Å². The topological polar surface area (TPSA) is 0 Å². The molecular weight excluding hydrogens is 144 g/mol. The average molecular weight is 152 g/mol. The second kappa shape index (κ2) is 1.98. The van der Waals surface area contributed by atoms with Crippen molar-refractivity contribution in [2.75, 3.05) is 0 Å². The van der Waals surface area contributed by atoms with Gasteiger partial charge in [-0.25, -0.2) is 0 Å². The molecule has 2 aromatic carbocycles. The van der Waals surface area contributed by atoms with Crippen LogP contribution in [-0.4, -0.2) is 0 Å². The molecule has 0 radical (unpaired) electrons. The van der Waals surface area contributed by atoms with Gasteiger partial charge in [-0.2, -0.15) is 0 Å². The number of rotatable bonds is 0. The molecule has 0 saturated heterocycles. The van der Waals surface area contributed by atoms with Gasteiger partial charge in [0.1, 0.15) is 0 Å². The molecule has 2 aromatic rings. The molecule has 12 heavy (non-hydrogen) atoms. The molecule has 1 aliphatic rings. The number of benzene rings is 2. The van der Waals surface area contributed by atoms with E-state index in [1.54, 1.807) is 0 Å². The summed E-state index contributed by atoms with van der Waals surface area (Å²) in [5.74, 6) is 0. The minimum atomic E-state index is 1.33. The first-order valence-electron chi connectivity index (χ1n) is 4.14. The Kier molecular flexibility index (Phi) is 0.991. The lowest BCUT2D eigenvalue weighted by atomic mass is 9.94. The summed E-state index contributed by atoms with van der Waals surface area (Å²) >= 11 is 0. The maximum atomic E-state index is 2.24. The van der Waals surface area contributed by atoms with Crippen LogP contribution in [0.15, 0.2) is 36.4 Å². The molecule has 0 atom stereocenters. The van der Waals surface area contributed by atoms with Crippen molar-refractivity contribution in [3.8, 4) is 0 Å². The van der Waals surface area contributed by atoms with Crippen molar-refractivity contribution < 1.29 is 0 Å². The zero-order valence-electron chi connectivity index (χ0n) is 6.62. The van der Waals surface area contributed by atoms with Crippen LogP contribution in [0.2, 0.25) is 0 Å². The summed E-state index contributed by atoms with van der Waals surface area (Å²) in [6.45, 7) is 0. The van der Waals surface area contributed by atoms with Gasteiger partial charge in [-0.15, -0.1) is 0 Å². The molecule has 0 fully saturated rings. The van der Waals surface area contributed by atoms with Crippen molar-refractivity contribution in [2.45, 2.75) is 0 Å². The second-order valence-electron chi connectivity index (χ2n) is 3.16. The van der Waals surface area contributed by atoms with E-state index >= 15 is 0 Å². The summed E-state index contributed by atoms with van der Waals surface area (Å²) in [6.07, 6.45) is 4.31. The van der Waals surface area contributed by atoms with E-state index in [1.165, 1.54) is 21.9 Å². The Hall–Kier alpha value is -1.56. The fourth-order valence-corrected chi connectivity index (χ4v) is 1.65. The third kappa shape index (κ3) is 0.668. The number of fused-ring (bicyclic) bond motifs is 2. The van der Waals surface area contributed by atoms with Gasteiger partial charge in [-0.3, -0.25) is 0 Å². The standard InChI is InChI=1S/C12H8/c1-2-4-10-8-12-6-5-11(12)7-9(10)3-1/h1-8H. The van der Waals surface area contributed by atoms with Crippen LogP contribution in [0, 0.1) is 0 Å². The molecule has 0 nitrogen and oxygen atoms in total. The highest BCUT2D eigenvalue weighted by Crippen LogP contribution is 2.28.